The number of carbonyl (C=O) groups is 1. The highest BCUT2D eigenvalue weighted by Crippen LogP contribution is 2.23. The number of carbonyl (C=O) groups excluding carboxylic acids is 1. The maximum atomic E-state index is 11.8. The van der Waals surface area contributed by atoms with E-state index in [4.69, 9.17) is 0 Å². The normalized spacial score (nSPS) is 33.1. The third kappa shape index (κ3) is 4.58. The Hall–Kier alpha value is -0.610. The molecule has 0 bridgehead atoms. The minimum Gasteiger partial charge on any atom is -0.393 e. The summed E-state index contributed by atoms with van der Waals surface area (Å²) in [7, 11) is 0. The number of nitrogens with one attached hydrogen (secondary N) is 2. The van der Waals surface area contributed by atoms with Crippen LogP contribution in [0.1, 0.15) is 44.9 Å². The molecule has 2 rings (SSSR count). The predicted octanol–water partition coefficient (Wildman–Crippen LogP) is 1.04. The zero-order valence-corrected chi connectivity index (χ0v) is 11.2. The first-order valence-corrected chi connectivity index (χ1v) is 7.39. The monoisotopic (exact) mass is 254 g/mol. The maximum absolute atomic E-state index is 11.8. The average Bonchev–Trinajstić information content (AvgIpc) is 2.39. The molecule has 1 saturated carbocycles. The van der Waals surface area contributed by atoms with Crippen LogP contribution in [0.3, 0.4) is 0 Å². The van der Waals surface area contributed by atoms with E-state index in [1.54, 1.807) is 0 Å². The van der Waals surface area contributed by atoms with Crippen LogP contribution < -0.4 is 10.6 Å². The maximum Gasteiger partial charge on any atom is 0.220 e. The minimum atomic E-state index is -0.106. The zero-order valence-electron chi connectivity index (χ0n) is 11.2. The number of piperidine rings is 1. The standard InChI is InChI=1S/C14H26N2O2/c17-13-5-3-11(4-6-13)10-16-14(18)8-12-2-1-7-15-9-12/h11-13,15,17H,1-10H2,(H,16,18). The molecule has 4 nitrogen and oxygen atoms in total. The minimum absolute atomic E-state index is 0.106. The van der Waals surface area contributed by atoms with Gasteiger partial charge in [0.05, 0.1) is 6.10 Å². The summed E-state index contributed by atoms with van der Waals surface area (Å²) in [4.78, 5) is 11.8. The van der Waals surface area contributed by atoms with Crippen molar-refractivity contribution < 1.29 is 9.90 Å². The molecule has 4 heteroatoms. The Kier molecular flexibility index (Phi) is 5.45. The van der Waals surface area contributed by atoms with Crippen molar-refractivity contribution in [2.75, 3.05) is 19.6 Å². The molecule has 3 N–H and O–H groups in total. The van der Waals surface area contributed by atoms with Crippen LogP contribution in [0.5, 0.6) is 0 Å². The summed E-state index contributed by atoms with van der Waals surface area (Å²) in [5.41, 5.74) is 0. The Morgan fingerprint density at radius 3 is 2.61 bits per heavy atom. The lowest BCUT2D eigenvalue weighted by atomic mass is 9.87. The van der Waals surface area contributed by atoms with Crippen LogP contribution in [0.2, 0.25) is 0 Å². The SMILES string of the molecule is O=C(CC1CCCNC1)NCC1CCC(O)CC1. The quantitative estimate of drug-likeness (QED) is 0.702. The van der Waals surface area contributed by atoms with Gasteiger partial charge in [0.25, 0.3) is 0 Å². The summed E-state index contributed by atoms with van der Waals surface area (Å²) in [6, 6.07) is 0. The van der Waals surface area contributed by atoms with E-state index >= 15 is 0 Å². The van der Waals surface area contributed by atoms with Gasteiger partial charge in [0, 0.05) is 13.0 Å². The van der Waals surface area contributed by atoms with Gasteiger partial charge < -0.3 is 15.7 Å². The van der Waals surface area contributed by atoms with Crippen LogP contribution in [0.15, 0.2) is 0 Å². The van der Waals surface area contributed by atoms with Crippen LogP contribution in [0.25, 0.3) is 0 Å². The fourth-order valence-corrected chi connectivity index (χ4v) is 3.04. The summed E-state index contributed by atoms with van der Waals surface area (Å²) in [6.07, 6.45) is 6.82. The fourth-order valence-electron chi connectivity index (χ4n) is 3.04. The number of aliphatic hydroxyl groups excluding tert-OH is 1. The Bertz CT molecular complexity index is 257. The second kappa shape index (κ2) is 7.10. The molecule has 0 radical (unpaired) electrons. The van der Waals surface area contributed by atoms with Crippen LogP contribution in [0.4, 0.5) is 0 Å². The molecule has 0 spiro atoms. The molecule has 0 aromatic heterocycles. The molecule has 0 aromatic rings. The van der Waals surface area contributed by atoms with E-state index in [2.05, 4.69) is 10.6 Å². The van der Waals surface area contributed by atoms with E-state index in [0.717, 1.165) is 45.3 Å². The van der Waals surface area contributed by atoms with Crippen molar-refractivity contribution in [3.63, 3.8) is 0 Å². The largest absolute Gasteiger partial charge is 0.393 e. The molecular weight excluding hydrogens is 228 g/mol. The molecule has 0 aromatic carbocycles. The van der Waals surface area contributed by atoms with Gasteiger partial charge in [0.15, 0.2) is 0 Å². The Morgan fingerprint density at radius 2 is 1.94 bits per heavy atom. The predicted molar refractivity (Wildman–Crippen MR) is 71.2 cm³/mol. The number of aliphatic hydroxyl groups is 1. The van der Waals surface area contributed by atoms with Gasteiger partial charge in [-0.25, -0.2) is 0 Å². The molecule has 1 saturated heterocycles. The lowest BCUT2D eigenvalue weighted by molar-refractivity contribution is -0.122. The van der Waals surface area contributed by atoms with Gasteiger partial charge >= 0.3 is 0 Å². The number of amides is 1. The molecule has 1 amide bonds. The lowest BCUT2D eigenvalue weighted by Crippen LogP contribution is -2.36. The molecule has 1 heterocycles. The zero-order chi connectivity index (χ0) is 12.8. The summed E-state index contributed by atoms with van der Waals surface area (Å²) >= 11 is 0. The van der Waals surface area contributed by atoms with Gasteiger partial charge in [-0.05, 0) is 63.5 Å². The Balaban J connectivity index is 1.59. The van der Waals surface area contributed by atoms with Crippen molar-refractivity contribution in [3.8, 4) is 0 Å². The summed E-state index contributed by atoms with van der Waals surface area (Å²) in [5.74, 6) is 1.29. The first-order chi connectivity index (χ1) is 8.74. The van der Waals surface area contributed by atoms with Crippen molar-refractivity contribution >= 4 is 5.91 Å². The second-order valence-electron chi connectivity index (χ2n) is 5.90. The van der Waals surface area contributed by atoms with Crippen molar-refractivity contribution in [1.29, 1.82) is 0 Å². The van der Waals surface area contributed by atoms with Gasteiger partial charge in [0.2, 0.25) is 5.91 Å². The van der Waals surface area contributed by atoms with E-state index in [1.807, 2.05) is 0 Å². The van der Waals surface area contributed by atoms with E-state index in [0.29, 0.717) is 18.3 Å². The molecule has 2 aliphatic rings. The van der Waals surface area contributed by atoms with Crippen LogP contribution in [-0.4, -0.2) is 36.8 Å². The summed E-state index contributed by atoms with van der Waals surface area (Å²) in [5, 5.41) is 15.8. The van der Waals surface area contributed by atoms with Crippen LogP contribution >= 0.6 is 0 Å². The Morgan fingerprint density at radius 1 is 1.17 bits per heavy atom. The molecule has 1 unspecified atom stereocenters. The van der Waals surface area contributed by atoms with Crippen molar-refractivity contribution in [2.45, 2.75) is 51.0 Å². The average molecular weight is 254 g/mol. The van der Waals surface area contributed by atoms with Crippen molar-refractivity contribution in [3.05, 3.63) is 0 Å². The molecule has 1 aliphatic heterocycles. The molecule has 1 aliphatic carbocycles. The van der Waals surface area contributed by atoms with Crippen molar-refractivity contribution in [2.24, 2.45) is 11.8 Å². The highest BCUT2D eigenvalue weighted by atomic mass is 16.3. The molecule has 18 heavy (non-hydrogen) atoms. The van der Waals surface area contributed by atoms with Crippen LogP contribution in [-0.2, 0) is 4.79 Å². The lowest BCUT2D eigenvalue weighted by Gasteiger charge is -2.26. The van der Waals surface area contributed by atoms with E-state index in [-0.39, 0.29) is 12.0 Å². The number of hydrogen-bond acceptors (Lipinski definition) is 3. The smallest absolute Gasteiger partial charge is 0.220 e. The van der Waals surface area contributed by atoms with E-state index < -0.39 is 0 Å². The van der Waals surface area contributed by atoms with E-state index in [1.165, 1.54) is 12.8 Å². The first kappa shape index (κ1) is 13.8. The van der Waals surface area contributed by atoms with Gasteiger partial charge in [-0.15, -0.1) is 0 Å². The number of hydrogen-bond donors (Lipinski definition) is 3. The molecule has 2 fully saturated rings. The van der Waals surface area contributed by atoms with Gasteiger partial charge in [-0.1, -0.05) is 0 Å². The van der Waals surface area contributed by atoms with Gasteiger partial charge in [0.1, 0.15) is 0 Å². The highest BCUT2D eigenvalue weighted by Gasteiger charge is 2.21. The van der Waals surface area contributed by atoms with Crippen LogP contribution in [0, 0.1) is 11.8 Å². The topological polar surface area (TPSA) is 61.4 Å². The Labute approximate surface area is 110 Å². The van der Waals surface area contributed by atoms with Gasteiger partial charge in [-0.2, -0.15) is 0 Å². The second-order valence-corrected chi connectivity index (χ2v) is 5.90. The molecular formula is C14H26N2O2. The molecule has 1 atom stereocenters. The number of rotatable bonds is 4. The highest BCUT2D eigenvalue weighted by molar-refractivity contribution is 5.76. The van der Waals surface area contributed by atoms with Crippen molar-refractivity contribution in [1.82, 2.24) is 10.6 Å². The summed E-state index contributed by atoms with van der Waals surface area (Å²) in [6.45, 7) is 2.89. The third-order valence-electron chi connectivity index (χ3n) is 4.28. The third-order valence-corrected chi connectivity index (χ3v) is 4.28. The van der Waals surface area contributed by atoms with E-state index in [9.17, 15) is 9.90 Å². The molecule has 104 valence electrons. The van der Waals surface area contributed by atoms with Gasteiger partial charge in [-0.3, -0.25) is 4.79 Å². The fraction of sp³-hybridized carbons (Fsp3) is 0.929. The summed E-state index contributed by atoms with van der Waals surface area (Å²) < 4.78 is 0. The first-order valence-electron chi connectivity index (χ1n) is 7.39.